The fraction of sp³-hybridized carbons (Fsp3) is 0.619. The van der Waals surface area contributed by atoms with Crippen molar-refractivity contribution < 1.29 is 14.3 Å². The number of likely N-dealkylation sites (tertiary alicyclic amines) is 1. The third-order valence-corrected chi connectivity index (χ3v) is 5.14. The Morgan fingerprint density at radius 3 is 2.85 bits per heavy atom. The second kappa shape index (κ2) is 10.9. The van der Waals surface area contributed by atoms with Crippen LogP contribution in [0.5, 0.6) is 5.75 Å². The van der Waals surface area contributed by atoms with Crippen molar-refractivity contribution in [3.8, 4) is 5.75 Å². The molecule has 1 heterocycles. The SMILES string of the molecule is COc1ccccc1CC(C)CC(=O)N1CCCCC1CNC(=O)CCN. The number of nitrogens with zero attached hydrogens (tertiary/aromatic N) is 1. The van der Waals surface area contributed by atoms with Crippen LogP contribution in [0.1, 0.15) is 44.6 Å². The first-order valence-corrected chi connectivity index (χ1v) is 9.93. The molecule has 2 atom stereocenters. The van der Waals surface area contributed by atoms with Gasteiger partial charge in [0.05, 0.1) is 7.11 Å². The summed E-state index contributed by atoms with van der Waals surface area (Å²) in [7, 11) is 1.67. The van der Waals surface area contributed by atoms with E-state index in [0.29, 0.717) is 25.9 Å². The molecule has 3 N–H and O–H groups in total. The minimum absolute atomic E-state index is 0.0417. The van der Waals surface area contributed by atoms with Crippen LogP contribution >= 0.6 is 0 Å². The van der Waals surface area contributed by atoms with Crippen molar-refractivity contribution >= 4 is 11.8 Å². The molecule has 2 rings (SSSR count). The molecular weight excluding hydrogens is 342 g/mol. The molecule has 0 bridgehead atoms. The van der Waals surface area contributed by atoms with Gasteiger partial charge >= 0.3 is 0 Å². The number of hydrogen-bond donors (Lipinski definition) is 2. The Morgan fingerprint density at radius 2 is 2.11 bits per heavy atom. The minimum Gasteiger partial charge on any atom is -0.496 e. The molecule has 1 saturated heterocycles. The average Bonchev–Trinajstić information content (AvgIpc) is 2.67. The van der Waals surface area contributed by atoms with Crippen molar-refractivity contribution in [2.45, 2.75) is 51.5 Å². The largest absolute Gasteiger partial charge is 0.496 e. The number of amides is 2. The van der Waals surface area contributed by atoms with Crippen LogP contribution in [0.4, 0.5) is 0 Å². The van der Waals surface area contributed by atoms with Crippen LogP contribution in [-0.4, -0.2) is 49.5 Å². The Morgan fingerprint density at radius 1 is 1.33 bits per heavy atom. The topological polar surface area (TPSA) is 84.7 Å². The van der Waals surface area contributed by atoms with Gasteiger partial charge in [0.1, 0.15) is 5.75 Å². The zero-order chi connectivity index (χ0) is 19.6. The zero-order valence-corrected chi connectivity index (χ0v) is 16.6. The molecule has 1 fully saturated rings. The number of carbonyl (C=O) groups excluding carboxylic acids is 2. The summed E-state index contributed by atoms with van der Waals surface area (Å²) in [6.07, 6.45) is 4.71. The van der Waals surface area contributed by atoms with Crippen molar-refractivity contribution in [1.29, 1.82) is 0 Å². The van der Waals surface area contributed by atoms with Gasteiger partial charge in [0.25, 0.3) is 0 Å². The normalized spacial score (nSPS) is 18.0. The molecule has 1 aliphatic heterocycles. The summed E-state index contributed by atoms with van der Waals surface area (Å²) in [6, 6.07) is 8.05. The van der Waals surface area contributed by atoms with Gasteiger partial charge in [-0.3, -0.25) is 9.59 Å². The second-order valence-electron chi connectivity index (χ2n) is 7.40. The van der Waals surface area contributed by atoms with Gasteiger partial charge < -0.3 is 20.7 Å². The predicted octanol–water partition coefficient (Wildman–Crippen LogP) is 2.11. The number of methoxy groups -OCH3 is 1. The van der Waals surface area contributed by atoms with E-state index in [4.69, 9.17) is 10.5 Å². The zero-order valence-electron chi connectivity index (χ0n) is 16.6. The summed E-state index contributed by atoms with van der Waals surface area (Å²) in [5, 5.41) is 2.92. The van der Waals surface area contributed by atoms with Gasteiger partial charge in [-0.1, -0.05) is 25.1 Å². The van der Waals surface area contributed by atoms with Crippen LogP contribution in [0.2, 0.25) is 0 Å². The fourth-order valence-corrected chi connectivity index (χ4v) is 3.73. The molecule has 0 aliphatic carbocycles. The Hall–Kier alpha value is -2.08. The molecule has 27 heavy (non-hydrogen) atoms. The molecule has 1 aromatic rings. The van der Waals surface area contributed by atoms with E-state index in [1.165, 1.54) is 0 Å². The second-order valence-corrected chi connectivity index (χ2v) is 7.40. The third-order valence-electron chi connectivity index (χ3n) is 5.14. The number of nitrogens with one attached hydrogen (secondary N) is 1. The molecular formula is C21H33N3O3. The number of carbonyl (C=O) groups is 2. The average molecular weight is 376 g/mol. The highest BCUT2D eigenvalue weighted by molar-refractivity contribution is 5.78. The number of hydrogen-bond acceptors (Lipinski definition) is 4. The van der Waals surface area contributed by atoms with Gasteiger partial charge in [-0.15, -0.1) is 0 Å². The summed E-state index contributed by atoms with van der Waals surface area (Å²) in [5.41, 5.74) is 6.55. The van der Waals surface area contributed by atoms with Crippen molar-refractivity contribution in [1.82, 2.24) is 10.2 Å². The number of nitrogens with two attached hydrogens (primary N) is 1. The van der Waals surface area contributed by atoms with Crippen molar-refractivity contribution in [3.63, 3.8) is 0 Å². The lowest BCUT2D eigenvalue weighted by Gasteiger charge is -2.36. The van der Waals surface area contributed by atoms with Gasteiger partial charge in [0.15, 0.2) is 0 Å². The van der Waals surface area contributed by atoms with Crippen LogP contribution in [0.25, 0.3) is 0 Å². The Bertz CT molecular complexity index is 620. The molecule has 1 aromatic carbocycles. The maximum Gasteiger partial charge on any atom is 0.223 e. The van der Waals surface area contributed by atoms with E-state index in [9.17, 15) is 9.59 Å². The highest BCUT2D eigenvalue weighted by Crippen LogP contribution is 2.24. The minimum atomic E-state index is -0.0417. The molecule has 2 unspecified atom stereocenters. The molecule has 1 aliphatic rings. The Kier molecular flexibility index (Phi) is 8.58. The van der Waals surface area contributed by atoms with Crippen molar-refractivity contribution in [3.05, 3.63) is 29.8 Å². The third kappa shape index (κ3) is 6.54. The Labute approximate surface area is 162 Å². The van der Waals surface area contributed by atoms with Crippen LogP contribution in [0.15, 0.2) is 24.3 Å². The fourth-order valence-electron chi connectivity index (χ4n) is 3.73. The van der Waals surface area contributed by atoms with E-state index in [1.54, 1.807) is 7.11 Å². The number of para-hydroxylation sites is 1. The molecule has 2 amide bonds. The molecule has 0 radical (unpaired) electrons. The highest BCUT2D eigenvalue weighted by Gasteiger charge is 2.27. The van der Waals surface area contributed by atoms with Crippen LogP contribution in [0, 0.1) is 5.92 Å². The lowest BCUT2D eigenvalue weighted by atomic mass is 9.95. The number of benzene rings is 1. The number of rotatable bonds is 9. The smallest absolute Gasteiger partial charge is 0.223 e. The standard InChI is InChI=1S/C21H33N3O3/c1-16(13-17-7-3-4-9-19(17)27-2)14-21(26)24-12-6-5-8-18(24)15-23-20(25)10-11-22/h3-4,7,9,16,18H,5-6,8,10-15,22H2,1-2H3,(H,23,25). The molecule has 150 valence electrons. The van der Waals surface area contributed by atoms with Gasteiger partial charge in [0, 0.05) is 38.5 Å². The first kappa shape index (κ1) is 21.2. The van der Waals surface area contributed by atoms with Crippen LogP contribution < -0.4 is 15.8 Å². The van der Waals surface area contributed by atoms with Crippen LogP contribution in [-0.2, 0) is 16.0 Å². The summed E-state index contributed by atoms with van der Waals surface area (Å²) in [6.45, 7) is 3.75. The summed E-state index contributed by atoms with van der Waals surface area (Å²) < 4.78 is 5.41. The number of ether oxygens (including phenoxy) is 1. The summed E-state index contributed by atoms with van der Waals surface area (Å²) >= 11 is 0. The lowest BCUT2D eigenvalue weighted by Crippen LogP contribution is -2.49. The highest BCUT2D eigenvalue weighted by atomic mass is 16.5. The van der Waals surface area contributed by atoms with E-state index in [2.05, 4.69) is 18.3 Å². The summed E-state index contributed by atoms with van der Waals surface area (Å²) in [5.74, 6) is 1.23. The maximum absolute atomic E-state index is 12.9. The lowest BCUT2D eigenvalue weighted by molar-refractivity contribution is -0.136. The maximum atomic E-state index is 12.9. The molecule has 6 heteroatoms. The van der Waals surface area contributed by atoms with Crippen LogP contribution in [0.3, 0.4) is 0 Å². The van der Waals surface area contributed by atoms with Crippen molar-refractivity contribution in [2.75, 3.05) is 26.7 Å². The molecule has 0 saturated carbocycles. The molecule has 6 nitrogen and oxygen atoms in total. The van der Waals surface area contributed by atoms with E-state index in [1.807, 2.05) is 23.1 Å². The quantitative estimate of drug-likeness (QED) is 0.692. The van der Waals surface area contributed by atoms with E-state index in [0.717, 1.165) is 43.5 Å². The molecule has 0 spiro atoms. The Balaban J connectivity index is 1.90. The van der Waals surface area contributed by atoms with Gasteiger partial charge in [-0.25, -0.2) is 0 Å². The predicted molar refractivity (Wildman–Crippen MR) is 107 cm³/mol. The van der Waals surface area contributed by atoms with Gasteiger partial charge in [-0.2, -0.15) is 0 Å². The molecule has 0 aromatic heterocycles. The van der Waals surface area contributed by atoms with Gasteiger partial charge in [-0.05, 0) is 43.2 Å². The number of piperidine rings is 1. The van der Waals surface area contributed by atoms with E-state index < -0.39 is 0 Å². The summed E-state index contributed by atoms with van der Waals surface area (Å²) in [4.78, 5) is 26.6. The van der Waals surface area contributed by atoms with Gasteiger partial charge in [0.2, 0.25) is 11.8 Å². The first-order valence-electron chi connectivity index (χ1n) is 9.93. The monoisotopic (exact) mass is 375 g/mol. The van der Waals surface area contributed by atoms with E-state index >= 15 is 0 Å². The first-order chi connectivity index (χ1) is 13.0. The van der Waals surface area contributed by atoms with Crippen molar-refractivity contribution in [2.24, 2.45) is 11.7 Å². The van der Waals surface area contributed by atoms with E-state index in [-0.39, 0.29) is 23.8 Å².